The van der Waals surface area contributed by atoms with E-state index in [0.29, 0.717) is 28.1 Å². The molecule has 1 heterocycles. The summed E-state index contributed by atoms with van der Waals surface area (Å²) in [6.07, 6.45) is 3.30. The molecular weight excluding hydrogens is 323 g/mol. The second kappa shape index (κ2) is 7.96. The van der Waals surface area contributed by atoms with Crippen molar-refractivity contribution in [2.45, 2.75) is 19.8 Å². The monoisotopic (exact) mass is 338 g/mol. The summed E-state index contributed by atoms with van der Waals surface area (Å²) in [5, 5.41) is 6.79. The van der Waals surface area contributed by atoms with Gasteiger partial charge in [0, 0.05) is 18.3 Å². The molecule has 22 heavy (non-hydrogen) atoms. The number of hydrogen-bond donors (Lipinski definition) is 2. The Balaban J connectivity index is 2.07. The number of carbonyl (C=O) groups excluding carboxylic acids is 1. The van der Waals surface area contributed by atoms with Crippen molar-refractivity contribution in [1.29, 1.82) is 0 Å². The molecule has 0 saturated heterocycles. The van der Waals surface area contributed by atoms with Gasteiger partial charge in [0.25, 0.3) is 5.91 Å². The van der Waals surface area contributed by atoms with Crippen molar-refractivity contribution in [2.75, 3.05) is 11.9 Å². The van der Waals surface area contributed by atoms with Crippen LogP contribution in [0.1, 0.15) is 30.3 Å². The molecule has 0 spiro atoms. The van der Waals surface area contributed by atoms with Crippen LogP contribution in [0.5, 0.6) is 0 Å². The van der Waals surface area contributed by atoms with Crippen LogP contribution in [-0.2, 0) is 0 Å². The molecule has 0 saturated carbocycles. The number of amides is 1. The summed E-state index contributed by atoms with van der Waals surface area (Å²) >= 11 is 11.8. The maximum Gasteiger partial charge on any atom is 0.270 e. The van der Waals surface area contributed by atoms with Crippen molar-refractivity contribution >= 4 is 40.6 Å². The summed E-state index contributed by atoms with van der Waals surface area (Å²) in [6, 6.07) is 6.74. The molecule has 0 aliphatic carbocycles. The van der Waals surface area contributed by atoms with Gasteiger partial charge in [-0.25, -0.2) is 9.97 Å². The number of carbonyl (C=O) groups is 1. The fourth-order valence-electron chi connectivity index (χ4n) is 1.74. The van der Waals surface area contributed by atoms with Crippen LogP contribution in [-0.4, -0.2) is 22.4 Å². The Bertz CT molecular complexity index is 664. The van der Waals surface area contributed by atoms with E-state index in [1.165, 1.54) is 6.33 Å². The molecule has 116 valence electrons. The standard InChI is InChI=1S/C15H16Cl2N4O/c1-2-3-6-18-15(22)13-8-14(20-9-19-13)21-10-4-5-11(16)12(17)7-10/h4-5,7-9H,2-3,6H2,1H3,(H,18,22)(H,19,20,21). The zero-order valence-electron chi connectivity index (χ0n) is 12.1. The first-order chi connectivity index (χ1) is 10.6. The van der Waals surface area contributed by atoms with Gasteiger partial charge in [0.05, 0.1) is 10.0 Å². The molecule has 0 fully saturated rings. The molecule has 0 atom stereocenters. The first-order valence-corrected chi connectivity index (χ1v) is 7.68. The molecule has 5 nitrogen and oxygen atoms in total. The summed E-state index contributed by atoms with van der Waals surface area (Å²) in [5.41, 5.74) is 1.04. The van der Waals surface area contributed by atoms with E-state index in [-0.39, 0.29) is 5.91 Å². The second-order valence-corrected chi connectivity index (χ2v) is 5.47. The van der Waals surface area contributed by atoms with E-state index in [4.69, 9.17) is 23.2 Å². The maximum absolute atomic E-state index is 12.0. The van der Waals surface area contributed by atoms with Crippen molar-refractivity contribution in [1.82, 2.24) is 15.3 Å². The zero-order valence-corrected chi connectivity index (χ0v) is 13.6. The SMILES string of the molecule is CCCCNC(=O)c1cc(Nc2ccc(Cl)c(Cl)c2)ncn1. The van der Waals surface area contributed by atoms with Gasteiger partial charge < -0.3 is 10.6 Å². The second-order valence-electron chi connectivity index (χ2n) is 4.65. The molecule has 2 rings (SSSR count). The van der Waals surface area contributed by atoms with Gasteiger partial charge in [0.15, 0.2) is 0 Å². The lowest BCUT2D eigenvalue weighted by Crippen LogP contribution is -2.25. The van der Waals surface area contributed by atoms with Gasteiger partial charge >= 0.3 is 0 Å². The number of hydrogen-bond acceptors (Lipinski definition) is 4. The fraction of sp³-hybridized carbons (Fsp3) is 0.267. The van der Waals surface area contributed by atoms with E-state index >= 15 is 0 Å². The lowest BCUT2D eigenvalue weighted by Gasteiger charge is -2.08. The summed E-state index contributed by atoms with van der Waals surface area (Å²) in [4.78, 5) is 20.0. The van der Waals surface area contributed by atoms with E-state index in [9.17, 15) is 4.79 Å². The van der Waals surface area contributed by atoms with Gasteiger partial charge in [-0.3, -0.25) is 4.79 Å². The van der Waals surface area contributed by atoms with E-state index in [2.05, 4.69) is 27.5 Å². The Kier molecular flexibility index (Phi) is 5.98. The van der Waals surface area contributed by atoms with E-state index in [1.54, 1.807) is 24.3 Å². The Morgan fingerprint density at radius 3 is 2.73 bits per heavy atom. The van der Waals surface area contributed by atoms with Gasteiger partial charge in [0.2, 0.25) is 0 Å². The third-order valence-corrected chi connectivity index (χ3v) is 3.65. The minimum Gasteiger partial charge on any atom is -0.351 e. The fourth-order valence-corrected chi connectivity index (χ4v) is 2.04. The summed E-state index contributed by atoms with van der Waals surface area (Å²) in [5.74, 6) is 0.294. The highest BCUT2D eigenvalue weighted by atomic mass is 35.5. The van der Waals surface area contributed by atoms with Crippen LogP contribution in [0.3, 0.4) is 0 Å². The molecule has 0 bridgehead atoms. The Morgan fingerprint density at radius 1 is 1.18 bits per heavy atom. The highest BCUT2D eigenvalue weighted by Crippen LogP contribution is 2.26. The highest BCUT2D eigenvalue weighted by Gasteiger charge is 2.08. The van der Waals surface area contributed by atoms with Crippen molar-refractivity contribution < 1.29 is 4.79 Å². The van der Waals surface area contributed by atoms with Crippen molar-refractivity contribution in [2.24, 2.45) is 0 Å². The molecule has 0 aliphatic heterocycles. The first kappa shape index (κ1) is 16.5. The number of halogens is 2. The molecule has 1 aromatic carbocycles. The Hall–Kier alpha value is -1.85. The smallest absolute Gasteiger partial charge is 0.270 e. The van der Waals surface area contributed by atoms with Crippen molar-refractivity contribution in [3.05, 3.63) is 46.3 Å². The normalized spacial score (nSPS) is 10.3. The number of aromatic nitrogens is 2. The summed E-state index contributed by atoms with van der Waals surface area (Å²) in [6.45, 7) is 2.70. The van der Waals surface area contributed by atoms with Gasteiger partial charge in [-0.2, -0.15) is 0 Å². The molecular formula is C15H16Cl2N4O. The largest absolute Gasteiger partial charge is 0.351 e. The first-order valence-electron chi connectivity index (χ1n) is 6.92. The summed E-state index contributed by atoms with van der Waals surface area (Å²) in [7, 11) is 0. The van der Waals surface area contributed by atoms with Crippen LogP contribution in [0, 0.1) is 0 Å². The van der Waals surface area contributed by atoms with Crippen LogP contribution in [0.4, 0.5) is 11.5 Å². The number of unbranched alkanes of at least 4 members (excludes halogenated alkanes) is 1. The summed E-state index contributed by atoms with van der Waals surface area (Å²) < 4.78 is 0. The lowest BCUT2D eigenvalue weighted by atomic mass is 10.3. The Morgan fingerprint density at radius 2 is 2.00 bits per heavy atom. The van der Waals surface area contributed by atoms with Gasteiger partial charge in [-0.15, -0.1) is 0 Å². The average molecular weight is 339 g/mol. The average Bonchev–Trinajstić information content (AvgIpc) is 2.51. The number of anilines is 2. The highest BCUT2D eigenvalue weighted by molar-refractivity contribution is 6.42. The van der Waals surface area contributed by atoms with E-state index < -0.39 is 0 Å². The number of benzene rings is 1. The minimum atomic E-state index is -0.215. The van der Waals surface area contributed by atoms with Crippen LogP contribution in [0.2, 0.25) is 10.0 Å². The third kappa shape index (κ3) is 4.58. The molecule has 2 N–H and O–H groups in total. The molecule has 2 aromatic rings. The molecule has 7 heteroatoms. The molecule has 0 aliphatic rings. The topological polar surface area (TPSA) is 66.9 Å². The zero-order chi connectivity index (χ0) is 15.9. The maximum atomic E-state index is 12.0. The van der Waals surface area contributed by atoms with Crippen LogP contribution < -0.4 is 10.6 Å². The minimum absolute atomic E-state index is 0.215. The molecule has 1 amide bonds. The van der Waals surface area contributed by atoms with Crippen LogP contribution in [0.25, 0.3) is 0 Å². The molecule has 1 aromatic heterocycles. The molecule has 0 unspecified atom stereocenters. The van der Waals surface area contributed by atoms with Crippen LogP contribution >= 0.6 is 23.2 Å². The van der Waals surface area contributed by atoms with Gasteiger partial charge in [-0.05, 0) is 24.6 Å². The van der Waals surface area contributed by atoms with Gasteiger partial charge in [0.1, 0.15) is 17.8 Å². The van der Waals surface area contributed by atoms with E-state index in [1.807, 2.05) is 0 Å². The van der Waals surface area contributed by atoms with Crippen LogP contribution in [0.15, 0.2) is 30.6 Å². The molecule has 0 radical (unpaired) electrons. The third-order valence-electron chi connectivity index (χ3n) is 2.91. The number of rotatable bonds is 6. The quantitative estimate of drug-likeness (QED) is 0.779. The predicted octanol–water partition coefficient (Wildman–Crippen LogP) is 4.06. The number of nitrogens with one attached hydrogen (secondary N) is 2. The lowest BCUT2D eigenvalue weighted by molar-refractivity contribution is 0.0948. The Labute approximate surface area is 139 Å². The predicted molar refractivity (Wildman–Crippen MR) is 89.0 cm³/mol. The van der Waals surface area contributed by atoms with Gasteiger partial charge in [-0.1, -0.05) is 36.5 Å². The van der Waals surface area contributed by atoms with Crippen molar-refractivity contribution in [3.63, 3.8) is 0 Å². The van der Waals surface area contributed by atoms with Crippen molar-refractivity contribution in [3.8, 4) is 0 Å². The number of nitrogens with zero attached hydrogens (tertiary/aromatic N) is 2. The van der Waals surface area contributed by atoms with E-state index in [0.717, 1.165) is 18.5 Å².